The van der Waals surface area contributed by atoms with Crippen molar-refractivity contribution in [3.8, 4) is 0 Å². The fraction of sp³-hybridized carbons (Fsp3) is 1.00. The van der Waals surface area contributed by atoms with Crippen molar-refractivity contribution in [3.05, 3.63) is 0 Å². The molecular weight excluding hydrogens is 436 g/mol. The molecule has 0 aliphatic heterocycles. The Morgan fingerprint density at radius 1 is 0.710 bits per heavy atom. The molecule has 0 spiro atoms. The minimum atomic E-state index is -5.29. The van der Waals surface area contributed by atoms with E-state index in [0.717, 1.165) is 32.1 Å². The summed E-state index contributed by atoms with van der Waals surface area (Å²) in [5, 5.41) is 0. The van der Waals surface area contributed by atoms with Crippen molar-refractivity contribution in [1.29, 1.82) is 0 Å². The van der Waals surface area contributed by atoms with Gasteiger partial charge < -0.3 is 9.47 Å². The van der Waals surface area contributed by atoms with Gasteiger partial charge in [-0.15, -0.1) is 0 Å². The molecule has 10 heteroatoms. The predicted octanol–water partition coefficient (Wildman–Crippen LogP) is 7.06. The summed E-state index contributed by atoms with van der Waals surface area (Å²) >= 11 is 0. The van der Waals surface area contributed by atoms with Crippen LogP contribution in [0.25, 0.3) is 0 Å². The van der Waals surface area contributed by atoms with Gasteiger partial charge in [0.25, 0.3) is 6.36 Å². The van der Waals surface area contributed by atoms with Crippen LogP contribution in [0.3, 0.4) is 0 Å². The maximum absolute atomic E-state index is 14.7. The van der Waals surface area contributed by atoms with Crippen LogP contribution in [0.2, 0.25) is 0 Å². The third-order valence-corrected chi connectivity index (χ3v) is 7.10. The molecule has 0 N–H and O–H groups in total. The second-order valence-corrected chi connectivity index (χ2v) is 9.26. The van der Waals surface area contributed by atoms with Crippen molar-refractivity contribution in [2.75, 3.05) is 0 Å². The highest BCUT2D eigenvalue weighted by Gasteiger charge is 2.52. The quantitative estimate of drug-likeness (QED) is 0.390. The Hall–Kier alpha value is -0.640. The van der Waals surface area contributed by atoms with Crippen LogP contribution < -0.4 is 0 Å². The first-order valence-electron chi connectivity index (χ1n) is 11.2. The number of ether oxygens (including phenoxy) is 2. The molecule has 0 saturated heterocycles. The normalized spacial score (nSPS) is 37.5. The van der Waals surface area contributed by atoms with E-state index in [1.807, 2.05) is 0 Å². The van der Waals surface area contributed by atoms with Gasteiger partial charge in [-0.3, -0.25) is 0 Å². The van der Waals surface area contributed by atoms with E-state index in [2.05, 4.69) is 4.74 Å². The molecule has 3 aliphatic carbocycles. The Bertz CT molecular complexity index is 566. The highest BCUT2D eigenvalue weighted by molar-refractivity contribution is 4.90. The van der Waals surface area contributed by atoms with Crippen LogP contribution >= 0.6 is 0 Å². The topological polar surface area (TPSA) is 18.5 Å². The summed E-state index contributed by atoms with van der Waals surface area (Å²) in [5.41, 5.74) is 0. The van der Waals surface area contributed by atoms with Crippen molar-refractivity contribution in [2.24, 2.45) is 17.8 Å². The minimum absolute atomic E-state index is 0.0258. The number of halogens is 8. The Balaban J connectivity index is 1.49. The molecule has 0 aromatic carbocycles. The van der Waals surface area contributed by atoms with Crippen LogP contribution in [-0.4, -0.2) is 43.2 Å². The summed E-state index contributed by atoms with van der Waals surface area (Å²) in [6.07, 6.45) is -14.9. The molecule has 2 nitrogen and oxygen atoms in total. The minimum Gasteiger partial charge on any atom is -0.335 e. The lowest BCUT2D eigenvalue weighted by Crippen LogP contribution is -2.47. The molecule has 7 atom stereocenters. The van der Waals surface area contributed by atoms with E-state index in [4.69, 9.17) is 4.74 Å². The van der Waals surface area contributed by atoms with Gasteiger partial charge in [-0.05, 0) is 43.9 Å². The molecule has 0 amide bonds. The highest BCUT2D eigenvalue weighted by atomic mass is 19.4. The van der Waals surface area contributed by atoms with Gasteiger partial charge >= 0.3 is 12.3 Å². The second kappa shape index (κ2) is 10.1. The predicted molar refractivity (Wildman–Crippen MR) is 96.7 cm³/mol. The molecule has 0 aromatic heterocycles. The summed E-state index contributed by atoms with van der Waals surface area (Å²) in [7, 11) is 0. The summed E-state index contributed by atoms with van der Waals surface area (Å²) in [4.78, 5) is 0. The van der Waals surface area contributed by atoms with E-state index in [1.54, 1.807) is 0 Å². The first kappa shape index (κ1) is 25.0. The third kappa shape index (κ3) is 6.45. The highest BCUT2D eigenvalue weighted by Crippen LogP contribution is 2.47. The average molecular weight is 466 g/mol. The first-order chi connectivity index (χ1) is 14.5. The molecule has 182 valence electrons. The molecule has 0 heterocycles. The summed E-state index contributed by atoms with van der Waals surface area (Å²) in [5.74, 6) is -1.16. The zero-order chi connectivity index (χ0) is 22.8. The molecule has 0 radical (unpaired) electrons. The summed E-state index contributed by atoms with van der Waals surface area (Å²) in [6, 6.07) is 0. The molecular formula is C21H30F8O2. The number of hydrogen-bond donors (Lipinski definition) is 0. The van der Waals surface area contributed by atoms with Gasteiger partial charge in [0.05, 0.1) is 18.1 Å². The molecule has 0 bridgehead atoms. The van der Waals surface area contributed by atoms with Gasteiger partial charge in [0.2, 0.25) is 0 Å². The molecule has 7 unspecified atom stereocenters. The smallest absolute Gasteiger partial charge is 0.335 e. The van der Waals surface area contributed by atoms with Gasteiger partial charge in [-0.25, -0.2) is 13.2 Å². The van der Waals surface area contributed by atoms with E-state index >= 15 is 0 Å². The number of hydrogen-bond acceptors (Lipinski definition) is 2. The Morgan fingerprint density at radius 2 is 1.39 bits per heavy atom. The number of rotatable bonds is 6. The monoisotopic (exact) mass is 466 g/mol. The Kier molecular flexibility index (Phi) is 8.14. The number of alkyl halides is 8. The van der Waals surface area contributed by atoms with E-state index in [-0.39, 0.29) is 25.2 Å². The first-order valence-corrected chi connectivity index (χ1v) is 11.2. The standard InChI is InChI=1S/C21H30F8O2/c22-16-10-13(12-4-2-1-3-5-12)6-8-15(16)21(28,29)31-14-7-9-18(17(23)11-14)30-19(24)20(25,26)27/h12-19H,1-11H2. The van der Waals surface area contributed by atoms with Crippen molar-refractivity contribution >= 4 is 0 Å². The maximum Gasteiger partial charge on any atom is 0.445 e. The molecule has 31 heavy (non-hydrogen) atoms. The molecule has 3 rings (SSSR count). The lowest BCUT2D eigenvalue weighted by molar-refractivity contribution is -0.319. The van der Waals surface area contributed by atoms with E-state index in [9.17, 15) is 35.1 Å². The second-order valence-electron chi connectivity index (χ2n) is 9.26. The van der Waals surface area contributed by atoms with Crippen molar-refractivity contribution in [3.63, 3.8) is 0 Å². The Morgan fingerprint density at radius 3 is 1.97 bits per heavy atom. The van der Waals surface area contributed by atoms with Gasteiger partial charge in [-0.2, -0.15) is 22.0 Å². The van der Waals surface area contributed by atoms with E-state index < -0.39 is 62.0 Å². The van der Waals surface area contributed by atoms with E-state index in [1.165, 1.54) is 0 Å². The van der Waals surface area contributed by atoms with Gasteiger partial charge in [0.15, 0.2) is 0 Å². The largest absolute Gasteiger partial charge is 0.445 e. The Labute approximate surface area is 177 Å². The zero-order valence-corrected chi connectivity index (χ0v) is 17.2. The zero-order valence-electron chi connectivity index (χ0n) is 17.2. The molecule has 3 aliphatic rings. The lowest BCUT2D eigenvalue weighted by Gasteiger charge is -2.41. The maximum atomic E-state index is 14.7. The fourth-order valence-corrected chi connectivity index (χ4v) is 5.41. The lowest BCUT2D eigenvalue weighted by atomic mass is 9.70. The van der Waals surface area contributed by atoms with Gasteiger partial charge in [-0.1, -0.05) is 32.1 Å². The average Bonchev–Trinajstić information content (AvgIpc) is 2.69. The van der Waals surface area contributed by atoms with Gasteiger partial charge in [0, 0.05) is 6.42 Å². The van der Waals surface area contributed by atoms with Crippen molar-refractivity contribution < 1.29 is 44.6 Å². The summed E-state index contributed by atoms with van der Waals surface area (Å²) in [6.45, 7) is 0. The van der Waals surface area contributed by atoms with Crippen LogP contribution in [0.15, 0.2) is 0 Å². The summed E-state index contributed by atoms with van der Waals surface area (Å²) < 4.78 is 117. The molecule has 3 saturated carbocycles. The van der Waals surface area contributed by atoms with Crippen LogP contribution in [-0.2, 0) is 9.47 Å². The van der Waals surface area contributed by atoms with Crippen molar-refractivity contribution in [2.45, 2.75) is 114 Å². The van der Waals surface area contributed by atoms with Gasteiger partial charge in [0.1, 0.15) is 12.3 Å². The molecule has 0 aromatic rings. The van der Waals surface area contributed by atoms with Crippen molar-refractivity contribution in [1.82, 2.24) is 0 Å². The van der Waals surface area contributed by atoms with Crippen LogP contribution in [0.5, 0.6) is 0 Å². The van der Waals surface area contributed by atoms with Crippen LogP contribution in [0, 0.1) is 17.8 Å². The van der Waals surface area contributed by atoms with Crippen LogP contribution in [0.4, 0.5) is 35.1 Å². The van der Waals surface area contributed by atoms with Crippen LogP contribution in [0.1, 0.15) is 70.6 Å². The van der Waals surface area contributed by atoms with E-state index in [0.29, 0.717) is 12.3 Å². The SMILES string of the molecule is FC1CC(OC(F)(F)C2CCC(C3CCCCC3)CC2F)CCC1OC(F)C(F)(F)F. The molecule has 3 fully saturated rings. The third-order valence-electron chi connectivity index (χ3n) is 7.10. The fourth-order valence-electron chi connectivity index (χ4n) is 5.41.